The second kappa shape index (κ2) is 7.84. The van der Waals surface area contributed by atoms with Crippen molar-refractivity contribution in [1.29, 1.82) is 0 Å². The van der Waals surface area contributed by atoms with Crippen LogP contribution in [-0.2, 0) is 6.54 Å². The van der Waals surface area contributed by atoms with E-state index >= 15 is 0 Å². The molecule has 0 saturated carbocycles. The van der Waals surface area contributed by atoms with Gasteiger partial charge in [0.1, 0.15) is 5.69 Å². The lowest BCUT2D eigenvalue weighted by Crippen LogP contribution is -2.22. The van der Waals surface area contributed by atoms with Gasteiger partial charge >= 0.3 is 0 Å². The average molecular weight is 369 g/mol. The zero-order valence-corrected chi connectivity index (χ0v) is 15.4. The molecule has 2 aromatic heterocycles. The predicted octanol–water partition coefficient (Wildman–Crippen LogP) is 3.57. The zero-order chi connectivity index (χ0) is 19.3. The molecule has 1 N–H and O–H groups in total. The van der Waals surface area contributed by atoms with Gasteiger partial charge in [0.05, 0.1) is 24.6 Å². The Kier molecular flexibility index (Phi) is 4.93. The highest BCUT2D eigenvalue weighted by atomic mass is 16.1. The number of benzene rings is 2. The van der Waals surface area contributed by atoms with Crippen molar-refractivity contribution in [3.8, 4) is 16.8 Å². The lowest BCUT2D eigenvalue weighted by Gasteiger charge is -2.06. The highest BCUT2D eigenvalue weighted by Gasteiger charge is 2.08. The van der Waals surface area contributed by atoms with Gasteiger partial charge in [-0.15, -0.1) is 5.10 Å². The highest BCUT2D eigenvalue weighted by molar-refractivity contribution is 5.94. The number of carbonyl (C=O) groups excluding carboxylic acids is 1. The van der Waals surface area contributed by atoms with Crippen LogP contribution in [0.25, 0.3) is 16.8 Å². The van der Waals surface area contributed by atoms with Gasteiger partial charge in [-0.3, -0.25) is 9.78 Å². The molecule has 0 unspecified atom stereocenters. The fraction of sp³-hybridized carbons (Fsp3) is 0.0909. The topological polar surface area (TPSA) is 72.7 Å². The largest absolute Gasteiger partial charge is 0.346 e. The molecule has 2 heterocycles. The maximum absolute atomic E-state index is 12.4. The van der Waals surface area contributed by atoms with Crippen LogP contribution in [0.1, 0.15) is 21.6 Å². The molecule has 0 saturated heterocycles. The number of hydrogen-bond donors (Lipinski definition) is 1. The van der Waals surface area contributed by atoms with Crippen LogP contribution in [0.2, 0.25) is 0 Å². The first-order valence-electron chi connectivity index (χ1n) is 8.96. The van der Waals surface area contributed by atoms with Crippen molar-refractivity contribution in [3.63, 3.8) is 0 Å². The number of pyridine rings is 1. The molecule has 0 bridgehead atoms. The highest BCUT2D eigenvalue weighted by Crippen LogP contribution is 2.20. The Bertz CT molecular complexity index is 1070. The van der Waals surface area contributed by atoms with E-state index in [0.717, 1.165) is 16.8 Å². The fourth-order valence-corrected chi connectivity index (χ4v) is 2.83. The Labute approximate surface area is 162 Å². The third-order valence-electron chi connectivity index (χ3n) is 4.41. The van der Waals surface area contributed by atoms with Crippen LogP contribution in [0.3, 0.4) is 0 Å². The molecule has 0 fully saturated rings. The summed E-state index contributed by atoms with van der Waals surface area (Å²) in [7, 11) is 0. The second-order valence-electron chi connectivity index (χ2n) is 6.49. The van der Waals surface area contributed by atoms with E-state index in [2.05, 4.69) is 51.8 Å². The molecule has 6 nitrogen and oxygen atoms in total. The van der Waals surface area contributed by atoms with Gasteiger partial charge in [-0.2, -0.15) is 0 Å². The van der Waals surface area contributed by atoms with E-state index in [0.29, 0.717) is 17.8 Å². The minimum absolute atomic E-state index is 0.147. The SMILES string of the molecule is Cc1ccc(-c2ccc(C(=O)NCc3cn(-c4cccnc4)nn3)cc2)cc1. The molecule has 28 heavy (non-hydrogen) atoms. The molecule has 0 atom stereocenters. The van der Waals surface area contributed by atoms with E-state index in [9.17, 15) is 4.79 Å². The summed E-state index contributed by atoms with van der Waals surface area (Å²) in [5.41, 5.74) is 5.53. The molecule has 4 rings (SSSR count). The molecular weight excluding hydrogens is 350 g/mol. The number of amides is 1. The van der Waals surface area contributed by atoms with Crippen LogP contribution < -0.4 is 5.32 Å². The van der Waals surface area contributed by atoms with E-state index in [1.807, 2.05) is 36.4 Å². The number of carbonyl (C=O) groups is 1. The summed E-state index contributed by atoms with van der Waals surface area (Å²) >= 11 is 0. The van der Waals surface area contributed by atoms with Crippen molar-refractivity contribution in [1.82, 2.24) is 25.3 Å². The Morgan fingerprint density at radius 2 is 1.71 bits per heavy atom. The number of hydrogen-bond acceptors (Lipinski definition) is 4. The molecular formula is C22H19N5O. The first kappa shape index (κ1) is 17.6. The molecule has 6 heteroatoms. The third kappa shape index (κ3) is 3.96. The van der Waals surface area contributed by atoms with Crippen molar-refractivity contribution in [3.05, 3.63) is 96.1 Å². The standard InChI is InChI=1S/C22H19N5O/c1-16-4-6-17(7-5-16)18-8-10-19(11-9-18)22(28)24-13-20-15-27(26-25-20)21-3-2-12-23-14-21/h2-12,14-15H,13H2,1H3,(H,24,28). The quantitative estimate of drug-likeness (QED) is 0.584. The predicted molar refractivity (Wildman–Crippen MR) is 107 cm³/mol. The summed E-state index contributed by atoms with van der Waals surface area (Å²) in [5.74, 6) is -0.147. The molecule has 0 radical (unpaired) electrons. The molecule has 0 aliphatic rings. The molecule has 2 aromatic carbocycles. The minimum Gasteiger partial charge on any atom is -0.346 e. The Morgan fingerprint density at radius 1 is 1.00 bits per heavy atom. The molecule has 0 aliphatic heterocycles. The summed E-state index contributed by atoms with van der Waals surface area (Å²) in [6.45, 7) is 2.37. The normalized spacial score (nSPS) is 10.6. The van der Waals surface area contributed by atoms with Crippen LogP contribution in [-0.4, -0.2) is 25.9 Å². The summed E-state index contributed by atoms with van der Waals surface area (Å²) in [5, 5.41) is 11.0. The Balaban J connectivity index is 1.39. The lowest BCUT2D eigenvalue weighted by molar-refractivity contribution is 0.0950. The first-order chi connectivity index (χ1) is 13.7. The van der Waals surface area contributed by atoms with E-state index in [1.54, 1.807) is 23.3 Å². The van der Waals surface area contributed by atoms with E-state index in [4.69, 9.17) is 0 Å². The van der Waals surface area contributed by atoms with Crippen LogP contribution in [0.5, 0.6) is 0 Å². The smallest absolute Gasteiger partial charge is 0.251 e. The lowest BCUT2D eigenvalue weighted by atomic mass is 10.0. The number of nitrogens with zero attached hydrogens (tertiary/aromatic N) is 4. The maximum Gasteiger partial charge on any atom is 0.251 e. The van der Waals surface area contributed by atoms with Crippen molar-refractivity contribution in [2.75, 3.05) is 0 Å². The van der Waals surface area contributed by atoms with E-state index in [-0.39, 0.29) is 5.91 Å². The van der Waals surface area contributed by atoms with Crippen LogP contribution in [0, 0.1) is 6.92 Å². The summed E-state index contributed by atoms with van der Waals surface area (Å²) in [6, 6.07) is 19.6. The molecule has 0 aliphatic carbocycles. The van der Waals surface area contributed by atoms with E-state index in [1.165, 1.54) is 5.56 Å². The first-order valence-corrected chi connectivity index (χ1v) is 8.96. The maximum atomic E-state index is 12.4. The fourth-order valence-electron chi connectivity index (χ4n) is 2.83. The summed E-state index contributed by atoms with van der Waals surface area (Å²) in [6.07, 6.45) is 5.18. The van der Waals surface area contributed by atoms with Crippen LogP contribution in [0.4, 0.5) is 0 Å². The van der Waals surface area contributed by atoms with Gasteiger partial charge < -0.3 is 5.32 Å². The van der Waals surface area contributed by atoms with Crippen molar-refractivity contribution < 1.29 is 4.79 Å². The minimum atomic E-state index is -0.147. The van der Waals surface area contributed by atoms with Crippen LogP contribution in [0.15, 0.2) is 79.3 Å². The van der Waals surface area contributed by atoms with E-state index < -0.39 is 0 Å². The number of aromatic nitrogens is 4. The van der Waals surface area contributed by atoms with Crippen molar-refractivity contribution >= 4 is 5.91 Å². The molecule has 0 spiro atoms. The molecule has 138 valence electrons. The number of nitrogens with one attached hydrogen (secondary N) is 1. The third-order valence-corrected chi connectivity index (χ3v) is 4.41. The van der Waals surface area contributed by atoms with Gasteiger partial charge in [0.2, 0.25) is 0 Å². The van der Waals surface area contributed by atoms with Gasteiger partial charge in [0.15, 0.2) is 0 Å². The number of rotatable bonds is 5. The van der Waals surface area contributed by atoms with Gasteiger partial charge in [0, 0.05) is 11.8 Å². The Hall–Kier alpha value is -3.80. The number of aryl methyl sites for hydroxylation is 1. The van der Waals surface area contributed by atoms with Crippen LogP contribution >= 0.6 is 0 Å². The van der Waals surface area contributed by atoms with Gasteiger partial charge in [-0.05, 0) is 42.3 Å². The summed E-state index contributed by atoms with van der Waals surface area (Å²) in [4.78, 5) is 16.5. The second-order valence-corrected chi connectivity index (χ2v) is 6.49. The van der Waals surface area contributed by atoms with Crippen molar-refractivity contribution in [2.24, 2.45) is 0 Å². The molecule has 1 amide bonds. The zero-order valence-electron chi connectivity index (χ0n) is 15.4. The van der Waals surface area contributed by atoms with Gasteiger partial charge in [0.25, 0.3) is 5.91 Å². The van der Waals surface area contributed by atoms with Gasteiger partial charge in [-0.1, -0.05) is 47.2 Å². The Morgan fingerprint density at radius 3 is 2.39 bits per heavy atom. The average Bonchev–Trinajstić information content (AvgIpc) is 3.22. The monoisotopic (exact) mass is 369 g/mol. The summed E-state index contributed by atoms with van der Waals surface area (Å²) < 4.78 is 1.63. The molecule has 4 aromatic rings. The van der Waals surface area contributed by atoms with Gasteiger partial charge in [-0.25, -0.2) is 4.68 Å². The van der Waals surface area contributed by atoms with Crippen molar-refractivity contribution in [2.45, 2.75) is 13.5 Å².